The van der Waals surface area contributed by atoms with Crippen molar-refractivity contribution in [2.45, 2.75) is 20.3 Å². The van der Waals surface area contributed by atoms with E-state index in [1.54, 1.807) is 0 Å². The van der Waals surface area contributed by atoms with E-state index in [4.69, 9.17) is 9.47 Å². The lowest BCUT2D eigenvalue weighted by atomic mass is 10.1. The Balaban J connectivity index is 2.08. The number of likely N-dealkylation sites (N-methyl/N-ethyl adjacent to an activating group) is 1. The number of nitrogens with zero attached hydrogens (tertiary/aromatic N) is 1. The molecule has 0 saturated carbocycles. The molecule has 0 aliphatic carbocycles. The molecule has 0 fully saturated rings. The van der Waals surface area contributed by atoms with Crippen LogP contribution in [0.5, 0.6) is 11.5 Å². The summed E-state index contributed by atoms with van der Waals surface area (Å²) in [4.78, 5) is 13.8. The first-order chi connectivity index (χ1) is 8.74. The van der Waals surface area contributed by atoms with Gasteiger partial charge in [0.1, 0.15) is 13.2 Å². The van der Waals surface area contributed by atoms with Gasteiger partial charge in [0.25, 0.3) is 0 Å². The van der Waals surface area contributed by atoms with Crippen molar-refractivity contribution >= 4 is 5.91 Å². The highest BCUT2D eigenvalue weighted by Crippen LogP contribution is 2.30. The number of ether oxygens (including phenoxy) is 2. The molecule has 1 aromatic carbocycles. The van der Waals surface area contributed by atoms with Gasteiger partial charge >= 0.3 is 0 Å². The van der Waals surface area contributed by atoms with Crippen molar-refractivity contribution in [3.63, 3.8) is 0 Å². The Morgan fingerprint density at radius 3 is 2.50 bits per heavy atom. The summed E-state index contributed by atoms with van der Waals surface area (Å²) in [5.74, 6) is 1.66. The van der Waals surface area contributed by atoms with Crippen LogP contribution in [0, 0.1) is 0 Å². The highest BCUT2D eigenvalue weighted by molar-refractivity contribution is 5.79. The highest BCUT2D eigenvalue weighted by Gasteiger charge is 2.15. The molecule has 4 nitrogen and oxygen atoms in total. The van der Waals surface area contributed by atoms with Crippen LogP contribution in [0.4, 0.5) is 0 Å². The molecule has 1 heterocycles. The third-order valence-corrected chi connectivity index (χ3v) is 3.08. The average Bonchev–Trinajstić information content (AvgIpc) is 2.40. The van der Waals surface area contributed by atoms with E-state index in [0.29, 0.717) is 19.6 Å². The zero-order chi connectivity index (χ0) is 13.0. The van der Waals surface area contributed by atoms with Crippen LogP contribution in [0.2, 0.25) is 0 Å². The molecule has 0 spiro atoms. The molecule has 0 radical (unpaired) electrons. The van der Waals surface area contributed by atoms with Gasteiger partial charge in [0, 0.05) is 13.1 Å². The Labute approximate surface area is 107 Å². The van der Waals surface area contributed by atoms with Crippen LogP contribution in [0.25, 0.3) is 0 Å². The number of fused-ring (bicyclic) bond motifs is 1. The van der Waals surface area contributed by atoms with Crippen LogP contribution in [0.15, 0.2) is 18.2 Å². The first-order valence-electron chi connectivity index (χ1n) is 6.41. The van der Waals surface area contributed by atoms with Crippen molar-refractivity contribution in [1.29, 1.82) is 0 Å². The second-order valence-electron chi connectivity index (χ2n) is 4.22. The van der Waals surface area contributed by atoms with E-state index in [-0.39, 0.29) is 5.91 Å². The fraction of sp³-hybridized carbons (Fsp3) is 0.500. The SMILES string of the molecule is CCN(CC)C(=O)Cc1ccc2c(c1)OCCO2. The summed E-state index contributed by atoms with van der Waals surface area (Å²) < 4.78 is 11.0. The third kappa shape index (κ3) is 2.75. The molecule has 1 amide bonds. The second-order valence-corrected chi connectivity index (χ2v) is 4.22. The zero-order valence-corrected chi connectivity index (χ0v) is 10.9. The second kappa shape index (κ2) is 5.76. The first kappa shape index (κ1) is 12.7. The molecular weight excluding hydrogens is 230 g/mol. The fourth-order valence-electron chi connectivity index (χ4n) is 2.06. The molecule has 98 valence electrons. The van der Waals surface area contributed by atoms with Gasteiger partial charge in [-0.2, -0.15) is 0 Å². The molecule has 0 atom stereocenters. The van der Waals surface area contributed by atoms with Gasteiger partial charge in [-0.25, -0.2) is 0 Å². The number of carbonyl (C=O) groups excluding carboxylic acids is 1. The predicted octanol–water partition coefficient (Wildman–Crippen LogP) is 1.87. The van der Waals surface area contributed by atoms with E-state index < -0.39 is 0 Å². The standard InChI is InChI=1S/C14H19NO3/c1-3-15(4-2)14(16)10-11-5-6-12-13(9-11)18-8-7-17-12/h5-6,9H,3-4,7-8,10H2,1-2H3. The quantitative estimate of drug-likeness (QED) is 0.817. The molecule has 2 rings (SSSR count). The Bertz CT molecular complexity index is 427. The normalized spacial score (nSPS) is 13.2. The van der Waals surface area contributed by atoms with Gasteiger partial charge in [0.2, 0.25) is 5.91 Å². The summed E-state index contributed by atoms with van der Waals surface area (Å²) in [6.45, 7) is 6.64. The first-order valence-corrected chi connectivity index (χ1v) is 6.41. The number of hydrogen-bond donors (Lipinski definition) is 0. The maximum Gasteiger partial charge on any atom is 0.226 e. The predicted molar refractivity (Wildman–Crippen MR) is 69.1 cm³/mol. The lowest BCUT2D eigenvalue weighted by Gasteiger charge is -2.21. The maximum atomic E-state index is 12.0. The minimum atomic E-state index is 0.150. The zero-order valence-electron chi connectivity index (χ0n) is 10.9. The molecule has 1 aromatic rings. The fourth-order valence-corrected chi connectivity index (χ4v) is 2.06. The molecule has 1 aliphatic heterocycles. The van der Waals surface area contributed by atoms with E-state index in [1.165, 1.54) is 0 Å². The maximum absolute atomic E-state index is 12.0. The molecule has 0 bridgehead atoms. The van der Waals surface area contributed by atoms with E-state index in [2.05, 4.69) is 0 Å². The molecule has 0 aromatic heterocycles. The Morgan fingerprint density at radius 1 is 1.17 bits per heavy atom. The van der Waals surface area contributed by atoms with Crippen molar-refractivity contribution in [2.24, 2.45) is 0 Å². The number of rotatable bonds is 4. The molecular formula is C14H19NO3. The van der Waals surface area contributed by atoms with E-state index in [9.17, 15) is 4.79 Å². The largest absolute Gasteiger partial charge is 0.486 e. The summed E-state index contributed by atoms with van der Waals surface area (Å²) in [6.07, 6.45) is 0.415. The van der Waals surface area contributed by atoms with Gasteiger partial charge in [-0.15, -0.1) is 0 Å². The number of amides is 1. The molecule has 4 heteroatoms. The van der Waals surface area contributed by atoms with Crippen molar-refractivity contribution in [2.75, 3.05) is 26.3 Å². The monoisotopic (exact) mass is 249 g/mol. The van der Waals surface area contributed by atoms with Gasteiger partial charge in [-0.05, 0) is 31.5 Å². The van der Waals surface area contributed by atoms with Gasteiger partial charge in [-0.1, -0.05) is 6.07 Å². The molecule has 18 heavy (non-hydrogen) atoms. The van der Waals surface area contributed by atoms with Crippen molar-refractivity contribution in [3.05, 3.63) is 23.8 Å². The van der Waals surface area contributed by atoms with Gasteiger partial charge in [0.05, 0.1) is 6.42 Å². The molecule has 0 saturated heterocycles. The van der Waals surface area contributed by atoms with Crippen LogP contribution in [0.3, 0.4) is 0 Å². The number of hydrogen-bond acceptors (Lipinski definition) is 3. The summed E-state index contributed by atoms with van der Waals surface area (Å²) in [7, 11) is 0. The van der Waals surface area contributed by atoms with E-state index in [0.717, 1.165) is 30.2 Å². The van der Waals surface area contributed by atoms with Crippen molar-refractivity contribution in [3.8, 4) is 11.5 Å². The number of benzene rings is 1. The van der Waals surface area contributed by atoms with E-state index >= 15 is 0 Å². The summed E-state index contributed by atoms with van der Waals surface area (Å²) >= 11 is 0. The molecule has 0 unspecified atom stereocenters. The van der Waals surface area contributed by atoms with E-state index in [1.807, 2.05) is 36.9 Å². The lowest BCUT2D eigenvalue weighted by Crippen LogP contribution is -2.31. The van der Waals surface area contributed by atoms with Gasteiger partial charge < -0.3 is 14.4 Å². The highest BCUT2D eigenvalue weighted by atomic mass is 16.6. The van der Waals surface area contributed by atoms with Crippen molar-refractivity contribution in [1.82, 2.24) is 4.90 Å². The third-order valence-electron chi connectivity index (χ3n) is 3.08. The minimum absolute atomic E-state index is 0.150. The Morgan fingerprint density at radius 2 is 1.83 bits per heavy atom. The summed E-state index contributed by atoms with van der Waals surface area (Å²) in [5, 5.41) is 0. The Kier molecular flexibility index (Phi) is 4.07. The van der Waals surface area contributed by atoms with Gasteiger partial charge in [-0.3, -0.25) is 4.79 Å². The van der Waals surface area contributed by atoms with Crippen LogP contribution >= 0.6 is 0 Å². The van der Waals surface area contributed by atoms with Crippen LogP contribution < -0.4 is 9.47 Å². The topological polar surface area (TPSA) is 38.8 Å². The van der Waals surface area contributed by atoms with Crippen LogP contribution in [-0.4, -0.2) is 37.1 Å². The lowest BCUT2D eigenvalue weighted by molar-refractivity contribution is -0.130. The van der Waals surface area contributed by atoms with Crippen LogP contribution in [-0.2, 0) is 11.2 Å². The minimum Gasteiger partial charge on any atom is -0.486 e. The molecule has 0 N–H and O–H groups in total. The van der Waals surface area contributed by atoms with Crippen molar-refractivity contribution < 1.29 is 14.3 Å². The summed E-state index contributed by atoms with van der Waals surface area (Å²) in [5.41, 5.74) is 0.969. The van der Waals surface area contributed by atoms with Crippen LogP contribution in [0.1, 0.15) is 19.4 Å². The smallest absolute Gasteiger partial charge is 0.226 e. The number of carbonyl (C=O) groups is 1. The summed E-state index contributed by atoms with van der Waals surface area (Å²) in [6, 6.07) is 5.70. The Hall–Kier alpha value is -1.71. The van der Waals surface area contributed by atoms with Gasteiger partial charge in [0.15, 0.2) is 11.5 Å². The average molecular weight is 249 g/mol. The molecule has 1 aliphatic rings.